The van der Waals surface area contributed by atoms with E-state index < -0.39 is 0 Å². The molecule has 1 aliphatic heterocycles. The van der Waals surface area contributed by atoms with Crippen molar-refractivity contribution in [2.75, 3.05) is 19.6 Å². The molecule has 2 rings (SSSR count). The van der Waals surface area contributed by atoms with Gasteiger partial charge in [0.1, 0.15) is 0 Å². The number of rotatable bonds is 6. The number of aryl methyl sites for hydroxylation is 2. The summed E-state index contributed by atoms with van der Waals surface area (Å²) in [7, 11) is 2.05. The number of hydrogen-bond donors (Lipinski definition) is 1. The molecule has 0 aliphatic carbocycles. The monoisotopic (exact) mass is 292 g/mol. The van der Waals surface area contributed by atoms with Gasteiger partial charge < -0.3 is 5.32 Å². The molecule has 120 valence electrons. The fourth-order valence-electron chi connectivity index (χ4n) is 3.63. The predicted octanol–water partition coefficient (Wildman–Crippen LogP) is 2.81. The van der Waals surface area contributed by atoms with Gasteiger partial charge in [0, 0.05) is 43.5 Å². The molecular formula is C17H32N4. The Balaban J connectivity index is 2.17. The predicted molar refractivity (Wildman–Crippen MR) is 88.5 cm³/mol. The molecule has 2 heterocycles. The highest BCUT2D eigenvalue weighted by Gasteiger charge is 2.26. The minimum Gasteiger partial charge on any atom is -0.313 e. The van der Waals surface area contributed by atoms with Gasteiger partial charge in [0.05, 0.1) is 5.69 Å². The van der Waals surface area contributed by atoms with Gasteiger partial charge in [-0.05, 0) is 46.1 Å². The van der Waals surface area contributed by atoms with Crippen LogP contribution >= 0.6 is 0 Å². The van der Waals surface area contributed by atoms with Gasteiger partial charge in [-0.1, -0.05) is 13.8 Å². The lowest BCUT2D eigenvalue weighted by Crippen LogP contribution is -2.41. The Morgan fingerprint density at radius 3 is 2.52 bits per heavy atom. The lowest BCUT2D eigenvalue weighted by molar-refractivity contribution is 0.170. The average Bonchev–Trinajstić information content (AvgIpc) is 2.97. The summed E-state index contributed by atoms with van der Waals surface area (Å²) >= 11 is 0. The van der Waals surface area contributed by atoms with Gasteiger partial charge in [-0.15, -0.1) is 0 Å². The van der Waals surface area contributed by atoms with Gasteiger partial charge in [0.15, 0.2) is 0 Å². The number of nitrogens with zero attached hydrogens (tertiary/aromatic N) is 3. The first-order valence-corrected chi connectivity index (χ1v) is 8.37. The highest BCUT2D eigenvalue weighted by Crippen LogP contribution is 2.27. The Labute approximate surface area is 129 Å². The zero-order valence-corrected chi connectivity index (χ0v) is 14.6. The molecule has 1 N–H and O–H groups in total. The van der Waals surface area contributed by atoms with E-state index in [0.29, 0.717) is 18.0 Å². The maximum atomic E-state index is 4.60. The van der Waals surface area contributed by atoms with Crippen molar-refractivity contribution in [3.63, 3.8) is 0 Å². The highest BCUT2D eigenvalue weighted by molar-refractivity contribution is 5.27. The van der Waals surface area contributed by atoms with E-state index in [-0.39, 0.29) is 0 Å². The summed E-state index contributed by atoms with van der Waals surface area (Å²) in [5, 5.41) is 8.24. The van der Waals surface area contributed by atoms with Crippen LogP contribution in [0.25, 0.3) is 0 Å². The Kier molecular flexibility index (Phi) is 5.44. The topological polar surface area (TPSA) is 33.1 Å². The zero-order chi connectivity index (χ0) is 15.6. The van der Waals surface area contributed by atoms with Crippen molar-refractivity contribution in [1.82, 2.24) is 20.0 Å². The van der Waals surface area contributed by atoms with Crippen LogP contribution in [-0.2, 0) is 7.05 Å². The smallest absolute Gasteiger partial charge is 0.0644 e. The van der Waals surface area contributed by atoms with E-state index in [0.717, 1.165) is 13.1 Å². The SMILES string of the molecule is Cc1nn(C)c(C)c1C(C)N(CC(C)C)CC1CCCN1. The van der Waals surface area contributed by atoms with Gasteiger partial charge in [0.25, 0.3) is 0 Å². The highest BCUT2D eigenvalue weighted by atomic mass is 15.3. The van der Waals surface area contributed by atoms with Crippen LogP contribution in [0.2, 0.25) is 0 Å². The fraction of sp³-hybridized carbons (Fsp3) is 0.824. The minimum absolute atomic E-state index is 0.434. The molecule has 1 aliphatic rings. The van der Waals surface area contributed by atoms with Crippen LogP contribution in [0.4, 0.5) is 0 Å². The third-order valence-corrected chi connectivity index (χ3v) is 4.75. The summed E-state index contributed by atoms with van der Waals surface area (Å²) in [5.74, 6) is 0.686. The number of aromatic nitrogens is 2. The van der Waals surface area contributed by atoms with E-state index >= 15 is 0 Å². The largest absolute Gasteiger partial charge is 0.313 e. The second kappa shape index (κ2) is 6.93. The van der Waals surface area contributed by atoms with Crippen LogP contribution in [0.15, 0.2) is 0 Å². The van der Waals surface area contributed by atoms with E-state index in [1.165, 1.54) is 36.3 Å². The first-order chi connectivity index (χ1) is 9.90. The Bertz CT molecular complexity index is 458. The Hall–Kier alpha value is -0.870. The van der Waals surface area contributed by atoms with Crippen LogP contribution in [0.1, 0.15) is 56.6 Å². The molecule has 0 saturated carbocycles. The van der Waals surface area contributed by atoms with E-state index in [9.17, 15) is 0 Å². The molecule has 1 aromatic rings. The molecule has 2 atom stereocenters. The maximum Gasteiger partial charge on any atom is 0.0644 e. The molecule has 0 bridgehead atoms. The summed E-state index contributed by atoms with van der Waals surface area (Å²) in [6.07, 6.45) is 2.63. The van der Waals surface area contributed by atoms with Gasteiger partial charge in [-0.3, -0.25) is 9.58 Å². The van der Waals surface area contributed by atoms with E-state index in [1.54, 1.807) is 0 Å². The number of nitrogens with one attached hydrogen (secondary N) is 1. The first-order valence-electron chi connectivity index (χ1n) is 8.37. The summed E-state index contributed by atoms with van der Waals surface area (Å²) in [6.45, 7) is 14.8. The van der Waals surface area contributed by atoms with Gasteiger partial charge in [0.2, 0.25) is 0 Å². The fourth-order valence-corrected chi connectivity index (χ4v) is 3.63. The van der Waals surface area contributed by atoms with Crippen molar-refractivity contribution in [1.29, 1.82) is 0 Å². The van der Waals surface area contributed by atoms with Crippen molar-refractivity contribution in [3.05, 3.63) is 17.0 Å². The molecular weight excluding hydrogens is 260 g/mol. The second-order valence-electron chi connectivity index (χ2n) is 7.03. The lowest BCUT2D eigenvalue weighted by Gasteiger charge is -2.33. The van der Waals surface area contributed by atoms with Crippen molar-refractivity contribution in [3.8, 4) is 0 Å². The second-order valence-corrected chi connectivity index (χ2v) is 7.03. The molecule has 0 radical (unpaired) electrons. The summed E-state index contributed by atoms with van der Waals surface area (Å²) in [6, 6.07) is 1.09. The van der Waals surface area contributed by atoms with Gasteiger partial charge >= 0.3 is 0 Å². The summed E-state index contributed by atoms with van der Waals surface area (Å²) in [4.78, 5) is 2.64. The Morgan fingerprint density at radius 1 is 1.33 bits per heavy atom. The van der Waals surface area contributed by atoms with Crippen molar-refractivity contribution in [2.45, 2.75) is 59.5 Å². The van der Waals surface area contributed by atoms with Crippen molar-refractivity contribution in [2.24, 2.45) is 13.0 Å². The summed E-state index contributed by atoms with van der Waals surface area (Å²) < 4.78 is 2.02. The van der Waals surface area contributed by atoms with Gasteiger partial charge in [-0.25, -0.2) is 0 Å². The number of hydrogen-bond acceptors (Lipinski definition) is 3. The van der Waals surface area contributed by atoms with Crippen LogP contribution in [0, 0.1) is 19.8 Å². The van der Waals surface area contributed by atoms with Crippen molar-refractivity contribution < 1.29 is 0 Å². The zero-order valence-electron chi connectivity index (χ0n) is 14.6. The van der Waals surface area contributed by atoms with Crippen LogP contribution in [-0.4, -0.2) is 40.4 Å². The third-order valence-electron chi connectivity index (χ3n) is 4.75. The molecule has 4 nitrogen and oxygen atoms in total. The molecule has 0 spiro atoms. The quantitative estimate of drug-likeness (QED) is 0.875. The third kappa shape index (κ3) is 3.86. The molecule has 2 unspecified atom stereocenters. The lowest BCUT2D eigenvalue weighted by atomic mass is 10.0. The first kappa shape index (κ1) is 16.5. The van der Waals surface area contributed by atoms with Gasteiger partial charge in [-0.2, -0.15) is 5.10 Å². The molecule has 1 aromatic heterocycles. The van der Waals surface area contributed by atoms with E-state index in [2.05, 4.69) is 49.9 Å². The average molecular weight is 292 g/mol. The summed E-state index contributed by atoms with van der Waals surface area (Å²) in [5.41, 5.74) is 3.89. The molecule has 1 fully saturated rings. The Morgan fingerprint density at radius 2 is 2.05 bits per heavy atom. The maximum absolute atomic E-state index is 4.60. The molecule has 0 amide bonds. The molecule has 21 heavy (non-hydrogen) atoms. The normalized spacial score (nSPS) is 20.7. The van der Waals surface area contributed by atoms with Crippen molar-refractivity contribution >= 4 is 0 Å². The minimum atomic E-state index is 0.434. The van der Waals surface area contributed by atoms with Crippen LogP contribution in [0.3, 0.4) is 0 Å². The van der Waals surface area contributed by atoms with Crippen LogP contribution < -0.4 is 5.32 Å². The standard InChI is InChI=1S/C17H32N4/c1-12(2)10-21(11-16-8-7-9-18-16)15(5)17-13(3)19-20(6)14(17)4/h12,15-16,18H,7-11H2,1-6H3. The molecule has 4 heteroatoms. The van der Waals surface area contributed by atoms with E-state index in [4.69, 9.17) is 0 Å². The van der Waals surface area contributed by atoms with E-state index in [1.807, 2.05) is 11.7 Å². The van der Waals surface area contributed by atoms with Crippen LogP contribution in [0.5, 0.6) is 0 Å². The molecule has 1 saturated heterocycles. The molecule has 0 aromatic carbocycles.